The second-order valence-electron chi connectivity index (χ2n) is 7.56. The summed E-state index contributed by atoms with van der Waals surface area (Å²) in [5.41, 5.74) is 4.43. The van der Waals surface area contributed by atoms with Crippen molar-refractivity contribution in [1.29, 1.82) is 0 Å². The molecule has 29 heavy (non-hydrogen) atoms. The fourth-order valence-electron chi connectivity index (χ4n) is 3.56. The summed E-state index contributed by atoms with van der Waals surface area (Å²) in [5.74, 6) is 0.0886. The molecule has 3 nitrogen and oxygen atoms in total. The number of carbonyl (C=O) groups excluding carboxylic acids is 1. The lowest BCUT2D eigenvalue weighted by Gasteiger charge is -2.24. The van der Waals surface area contributed by atoms with Crippen molar-refractivity contribution in [2.24, 2.45) is 0 Å². The maximum atomic E-state index is 13.2. The van der Waals surface area contributed by atoms with Crippen molar-refractivity contribution in [3.63, 3.8) is 0 Å². The van der Waals surface area contributed by atoms with E-state index in [0.29, 0.717) is 6.54 Å². The Balaban J connectivity index is 1.79. The molecule has 0 aliphatic carbocycles. The average Bonchev–Trinajstić information content (AvgIpc) is 3.13. The first-order valence-corrected chi connectivity index (χ1v) is 11.1. The monoisotopic (exact) mass is 452 g/mol. The Morgan fingerprint density at radius 2 is 1.86 bits per heavy atom. The summed E-state index contributed by atoms with van der Waals surface area (Å²) in [4.78, 5) is 15.2. The Kier molecular flexibility index (Phi) is 7.70. The molecule has 0 bridgehead atoms. The van der Waals surface area contributed by atoms with Gasteiger partial charge >= 0.3 is 0 Å². The molecule has 1 heterocycles. The van der Waals surface area contributed by atoms with E-state index in [0.717, 1.165) is 48.1 Å². The number of hydrogen-bond donors (Lipinski definition) is 0. The SMILES string of the molecule is CCCCCN(Cc1cccn1Cc1cccc(C)c1)C(=O)c1cccc(Br)c1. The van der Waals surface area contributed by atoms with Crippen LogP contribution in [0.5, 0.6) is 0 Å². The molecule has 0 atom stereocenters. The van der Waals surface area contributed by atoms with Crippen LogP contribution in [0, 0.1) is 6.92 Å². The largest absolute Gasteiger partial charge is 0.345 e. The van der Waals surface area contributed by atoms with E-state index in [9.17, 15) is 4.79 Å². The van der Waals surface area contributed by atoms with Gasteiger partial charge in [-0.05, 0) is 49.2 Å². The number of amides is 1. The minimum Gasteiger partial charge on any atom is -0.345 e. The van der Waals surface area contributed by atoms with Crippen molar-refractivity contribution in [1.82, 2.24) is 9.47 Å². The second-order valence-corrected chi connectivity index (χ2v) is 8.48. The molecule has 3 aromatic rings. The molecule has 1 amide bonds. The van der Waals surface area contributed by atoms with Gasteiger partial charge in [0.25, 0.3) is 5.91 Å². The molecule has 0 N–H and O–H groups in total. The first kappa shape index (κ1) is 21.4. The van der Waals surface area contributed by atoms with Gasteiger partial charge in [-0.1, -0.05) is 71.6 Å². The van der Waals surface area contributed by atoms with Gasteiger partial charge < -0.3 is 9.47 Å². The molecular formula is C25H29BrN2O. The summed E-state index contributed by atoms with van der Waals surface area (Å²) >= 11 is 3.48. The van der Waals surface area contributed by atoms with Gasteiger partial charge in [0.05, 0.1) is 6.54 Å². The molecule has 0 fully saturated rings. The van der Waals surface area contributed by atoms with Gasteiger partial charge in [-0.3, -0.25) is 4.79 Å². The van der Waals surface area contributed by atoms with Crippen molar-refractivity contribution in [3.05, 3.63) is 93.7 Å². The number of benzene rings is 2. The summed E-state index contributed by atoms with van der Waals surface area (Å²) in [6, 6.07) is 20.4. The fraction of sp³-hybridized carbons (Fsp3) is 0.320. The topological polar surface area (TPSA) is 25.2 Å². The van der Waals surface area contributed by atoms with Gasteiger partial charge in [-0.15, -0.1) is 0 Å². The van der Waals surface area contributed by atoms with E-state index in [1.807, 2.05) is 29.2 Å². The number of halogens is 1. The highest BCUT2D eigenvalue weighted by atomic mass is 79.9. The lowest BCUT2D eigenvalue weighted by atomic mass is 10.1. The standard InChI is InChI=1S/C25H29BrN2O/c1-3-4-5-14-28(25(29)22-11-7-12-23(26)17-22)19-24-13-8-15-27(24)18-21-10-6-9-20(2)16-21/h6-13,15-17H,3-5,14,18-19H2,1-2H3. The third kappa shape index (κ3) is 6.07. The highest BCUT2D eigenvalue weighted by Gasteiger charge is 2.17. The number of rotatable bonds is 9. The Labute approximate surface area is 182 Å². The van der Waals surface area contributed by atoms with E-state index < -0.39 is 0 Å². The molecular weight excluding hydrogens is 424 g/mol. The van der Waals surface area contributed by atoms with E-state index in [4.69, 9.17) is 0 Å². The zero-order valence-corrected chi connectivity index (χ0v) is 18.9. The van der Waals surface area contributed by atoms with Crippen LogP contribution in [0.3, 0.4) is 0 Å². The van der Waals surface area contributed by atoms with E-state index in [-0.39, 0.29) is 5.91 Å². The average molecular weight is 453 g/mol. The first-order valence-electron chi connectivity index (χ1n) is 10.3. The maximum absolute atomic E-state index is 13.2. The predicted octanol–water partition coefficient (Wildman–Crippen LogP) is 6.44. The summed E-state index contributed by atoms with van der Waals surface area (Å²) in [6.07, 6.45) is 5.40. The normalized spacial score (nSPS) is 10.9. The van der Waals surface area contributed by atoms with Crippen LogP contribution in [0.15, 0.2) is 71.3 Å². The molecule has 0 saturated heterocycles. The highest BCUT2D eigenvalue weighted by molar-refractivity contribution is 9.10. The Bertz CT molecular complexity index is 947. The number of aryl methyl sites for hydroxylation is 1. The summed E-state index contributed by atoms with van der Waals surface area (Å²) < 4.78 is 3.18. The molecule has 0 spiro atoms. The van der Waals surface area contributed by atoms with Crippen LogP contribution >= 0.6 is 15.9 Å². The second kappa shape index (κ2) is 10.4. The maximum Gasteiger partial charge on any atom is 0.254 e. The Hall–Kier alpha value is -2.33. The molecule has 0 aliphatic rings. The van der Waals surface area contributed by atoms with Crippen LogP contribution in [0.25, 0.3) is 0 Å². The lowest BCUT2D eigenvalue weighted by Crippen LogP contribution is -2.32. The number of hydrogen-bond acceptors (Lipinski definition) is 1. The summed E-state index contributed by atoms with van der Waals surface area (Å²) in [7, 11) is 0. The number of carbonyl (C=O) groups is 1. The minimum absolute atomic E-state index is 0.0886. The van der Waals surface area contributed by atoms with Crippen molar-refractivity contribution < 1.29 is 4.79 Å². The molecule has 3 rings (SSSR count). The molecule has 152 valence electrons. The van der Waals surface area contributed by atoms with Crippen molar-refractivity contribution >= 4 is 21.8 Å². The summed E-state index contributed by atoms with van der Waals surface area (Å²) in [6.45, 7) is 6.51. The molecule has 0 radical (unpaired) electrons. The molecule has 1 aromatic heterocycles. The van der Waals surface area contributed by atoms with Crippen LogP contribution in [0.2, 0.25) is 0 Å². The first-order chi connectivity index (χ1) is 14.1. The van der Waals surface area contributed by atoms with Crippen LogP contribution in [0.4, 0.5) is 0 Å². The molecule has 4 heteroatoms. The Morgan fingerprint density at radius 1 is 1.03 bits per heavy atom. The van der Waals surface area contributed by atoms with Gasteiger partial charge in [-0.2, -0.15) is 0 Å². The van der Waals surface area contributed by atoms with Crippen LogP contribution < -0.4 is 0 Å². The van der Waals surface area contributed by atoms with Gasteiger partial charge in [-0.25, -0.2) is 0 Å². The van der Waals surface area contributed by atoms with E-state index in [1.165, 1.54) is 11.1 Å². The Morgan fingerprint density at radius 3 is 2.62 bits per heavy atom. The highest BCUT2D eigenvalue weighted by Crippen LogP contribution is 2.17. The van der Waals surface area contributed by atoms with Crippen LogP contribution in [0.1, 0.15) is 53.4 Å². The van der Waals surface area contributed by atoms with E-state index in [2.05, 4.69) is 76.9 Å². The van der Waals surface area contributed by atoms with Crippen molar-refractivity contribution in [3.8, 4) is 0 Å². The fourth-order valence-corrected chi connectivity index (χ4v) is 3.96. The van der Waals surface area contributed by atoms with Gasteiger partial charge in [0.1, 0.15) is 0 Å². The van der Waals surface area contributed by atoms with Crippen LogP contribution in [-0.4, -0.2) is 21.9 Å². The molecule has 0 aliphatic heterocycles. The van der Waals surface area contributed by atoms with Crippen LogP contribution in [-0.2, 0) is 13.1 Å². The molecule has 0 saturated carbocycles. The van der Waals surface area contributed by atoms with Gasteiger partial charge in [0.15, 0.2) is 0 Å². The quantitative estimate of drug-likeness (QED) is 0.342. The smallest absolute Gasteiger partial charge is 0.254 e. The number of nitrogens with zero attached hydrogens (tertiary/aromatic N) is 2. The van der Waals surface area contributed by atoms with Crippen molar-refractivity contribution in [2.75, 3.05) is 6.54 Å². The lowest BCUT2D eigenvalue weighted by molar-refractivity contribution is 0.0736. The molecule has 0 unspecified atom stereocenters. The number of unbranched alkanes of at least 4 members (excludes halogenated alkanes) is 2. The minimum atomic E-state index is 0.0886. The predicted molar refractivity (Wildman–Crippen MR) is 123 cm³/mol. The third-order valence-corrected chi connectivity index (χ3v) is 5.60. The number of aromatic nitrogens is 1. The van der Waals surface area contributed by atoms with E-state index in [1.54, 1.807) is 0 Å². The van der Waals surface area contributed by atoms with Crippen molar-refractivity contribution in [2.45, 2.75) is 46.2 Å². The van der Waals surface area contributed by atoms with Gasteiger partial charge in [0.2, 0.25) is 0 Å². The van der Waals surface area contributed by atoms with Gasteiger partial charge in [0, 0.05) is 35.0 Å². The molecule has 2 aromatic carbocycles. The summed E-state index contributed by atoms with van der Waals surface area (Å²) in [5, 5.41) is 0. The zero-order chi connectivity index (χ0) is 20.6. The zero-order valence-electron chi connectivity index (χ0n) is 17.3. The third-order valence-electron chi connectivity index (χ3n) is 5.10. The van der Waals surface area contributed by atoms with E-state index >= 15 is 0 Å².